The Labute approximate surface area is 322 Å². The Morgan fingerprint density at radius 2 is 1.17 bits per heavy atom. The molecule has 17 nitrogen and oxygen atoms in total. The molecule has 3 fully saturated rings. The van der Waals surface area contributed by atoms with Gasteiger partial charge in [0.15, 0.2) is 0 Å². The summed E-state index contributed by atoms with van der Waals surface area (Å²) in [7, 11) is 5.12. The molecule has 3 aliphatic heterocycles. The Hall–Kier alpha value is -2.96. The Morgan fingerprint density at radius 1 is 0.778 bits per heavy atom. The van der Waals surface area contributed by atoms with Gasteiger partial charge in [-0.1, -0.05) is 13.8 Å². The number of hydrogen-bond acceptors (Lipinski definition) is 16. The zero-order chi connectivity index (χ0) is 42.2. The summed E-state index contributed by atoms with van der Waals surface area (Å²) in [5.41, 5.74) is 4.62. The number of nitrogens with one attached hydrogen (secondary N) is 1. The van der Waals surface area contributed by atoms with Gasteiger partial charge in [-0.25, -0.2) is 0 Å². The van der Waals surface area contributed by atoms with E-state index in [0.717, 1.165) is 25.8 Å². The Balaban J connectivity index is 0. The summed E-state index contributed by atoms with van der Waals surface area (Å²) in [6, 6.07) is 0. The van der Waals surface area contributed by atoms with Gasteiger partial charge in [-0.05, 0) is 92.5 Å². The molecule has 2 unspecified atom stereocenters. The molecule has 0 aromatic carbocycles. The fourth-order valence-corrected chi connectivity index (χ4v) is 5.07. The topological polar surface area (TPSA) is 235 Å². The molecule has 0 amide bonds. The summed E-state index contributed by atoms with van der Waals surface area (Å²) in [6.45, 7) is 17.8. The van der Waals surface area contributed by atoms with Gasteiger partial charge in [0.2, 0.25) is 11.3 Å². The summed E-state index contributed by atoms with van der Waals surface area (Å²) in [5.74, 6) is -1.83. The normalized spacial score (nSPS) is 21.1. The first-order valence-corrected chi connectivity index (χ1v) is 18.7. The Kier molecular flexibility index (Phi) is 25.6. The van der Waals surface area contributed by atoms with Crippen molar-refractivity contribution in [2.24, 2.45) is 5.73 Å². The van der Waals surface area contributed by atoms with E-state index in [0.29, 0.717) is 18.4 Å². The van der Waals surface area contributed by atoms with Crippen molar-refractivity contribution in [2.45, 2.75) is 173 Å². The maximum absolute atomic E-state index is 10.9. The first kappa shape index (κ1) is 53.1. The minimum Gasteiger partial charge on any atom is -0.469 e. The number of rotatable bonds is 15. The summed E-state index contributed by atoms with van der Waals surface area (Å²) < 4.78 is 17.9. The van der Waals surface area contributed by atoms with Crippen LogP contribution in [0, 0.1) is 10.1 Å². The third kappa shape index (κ3) is 24.4. The molecule has 17 heteroatoms. The van der Waals surface area contributed by atoms with E-state index in [1.807, 2.05) is 13.8 Å². The van der Waals surface area contributed by atoms with E-state index in [4.69, 9.17) is 5.73 Å². The molecule has 0 aromatic heterocycles. The number of nitrogens with zero attached hydrogens (tertiary/aromatic N) is 2. The van der Waals surface area contributed by atoms with Gasteiger partial charge in [-0.2, -0.15) is 14.8 Å². The second kappa shape index (κ2) is 26.0. The lowest BCUT2D eigenvalue weighted by Crippen LogP contribution is -2.37. The molecule has 4 N–H and O–H groups in total. The van der Waals surface area contributed by atoms with Crippen molar-refractivity contribution in [3.05, 3.63) is 10.1 Å². The van der Waals surface area contributed by atoms with Crippen LogP contribution in [0.1, 0.15) is 145 Å². The molecule has 0 bridgehead atoms. The van der Waals surface area contributed by atoms with Crippen LogP contribution in [0.25, 0.3) is 0 Å². The first-order chi connectivity index (χ1) is 24.9. The molecule has 3 aliphatic rings. The summed E-state index contributed by atoms with van der Waals surface area (Å²) in [5, 5.41) is 25.2. The van der Waals surface area contributed by atoms with Crippen LogP contribution in [0.4, 0.5) is 0 Å². The van der Waals surface area contributed by atoms with Crippen molar-refractivity contribution in [1.82, 2.24) is 10.4 Å². The van der Waals surface area contributed by atoms with Gasteiger partial charge in [0.25, 0.3) is 0 Å². The minimum absolute atomic E-state index is 0.0314. The van der Waals surface area contributed by atoms with Gasteiger partial charge in [0.05, 0.1) is 41.3 Å². The van der Waals surface area contributed by atoms with Crippen molar-refractivity contribution in [3.63, 3.8) is 0 Å². The standard InChI is InChI=1S/C10H17NO6.C10H19NO4.C7H15NO.C7H15N.C3H6O2/c1-10(11(14)15,6-4-8(12)16-2)7-5-9(13)17-3;1-10(11,6-4-8(12)14-2)7-5-9(13)15-3;1-3-7(2)5-4-6-8(7)9;1-3-7(2)5-4-6-8-7;1-3(2)4-5-3/h4-7H2,1-3H3;4-7,11H2,1-3H3;9H,3-6H2,1-2H3;8H,3-6H2,1-2H3;1-2H3. The van der Waals surface area contributed by atoms with Crippen LogP contribution < -0.4 is 11.1 Å². The number of methoxy groups -OCH3 is 4. The number of ether oxygens (including phenoxy) is 4. The number of carbonyl (C=O) groups excluding carboxylic acids is 4. The monoisotopic (exact) mass is 781 g/mol. The van der Waals surface area contributed by atoms with Crippen LogP contribution in [0.3, 0.4) is 0 Å². The first-order valence-electron chi connectivity index (χ1n) is 18.7. The average molecular weight is 781 g/mol. The summed E-state index contributed by atoms with van der Waals surface area (Å²) in [6.07, 6.45) is 8.82. The van der Waals surface area contributed by atoms with Crippen molar-refractivity contribution in [3.8, 4) is 0 Å². The highest BCUT2D eigenvalue weighted by Crippen LogP contribution is 2.29. The molecular weight excluding hydrogens is 708 g/mol. The number of hydrogen-bond donors (Lipinski definition) is 3. The highest BCUT2D eigenvalue weighted by atomic mass is 17.4. The van der Waals surface area contributed by atoms with Crippen LogP contribution in [0.15, 0.2) is 0 Å². The lowest BCUT2D eigenvalue weighted by molar-refractivity contribution is -0.567. The highest BCUT2D eigenvalue weighted by molar-refractivity contribution is 5.70. The maximum Gasteiger partial charge on any atom is 0.305 e. The molecule has 0 aliphatic carbocycles. The van der Waals surface area contributed by atoms with Crippen molar-refractivity contribution >= 4 is 23.9 Å². The molecule has 3 saturated heterocycles. The van der Waals surface area contributed by atoms with E-state index in [1.165, 1.54) is 66.2 Å². The minimum atomic E-state index is -1.32. The van der Waals surface area contributed by atoms with Crippen LogP contribution in [-0.2, 0) is 47.9 Å². The molecule has 0 aromatic rings. The highest BCUT2D eigenvalue weighted by Gasteiger charge is 2.38. The molecule has 0 radical (unpaired) electrons. The van der Waals surface area contributed by atoms with Crippen LogP contribution >= 0.6 is 0 Å². The molecule has 54 heavy (non-hydrogen) atoms. The molecule has 0 spiro atoms. The number of esters is 4. The van der Waals surface area contributed by atoms with E-state index >= 15 is 0 Å². The van der Waals surface area contributed by atoms with Crippen LogP contribution in [0.5, 0.6) is 0 Å². The predicted molar refractivity (Wildman–Crippen MR) is 202 cm³/mol. The molecular formula is C37H72N4O13. The fourth-order valence-electron chi connectivity index (χ4n) is 5.07. The second-order valence-corrected chi connectivity index (χ2v) is 15.3. The Bertz CT molecular complexity index is 1080. The van der Waals surface area contributed by atoms with E-state index in [9.17, 15) is 34.5 Å². The van der Waals surface area contributed by atoms with Crippen molar-refractivity contribution in [2.75, 3.05) is 41.5 Å². The van der Waals surface area contributed by atoms with E-state index in [1.54, 1.807) is 6.92 Å². The SMILES string of the molecule is CC1(C)OO1.CCC1(C)CCCN1.CCC1(C)CCCN1O.COC(=O)CCC(C)(CCC(=O)OC)[N+](=O)[O-].COC(=O)CCC(C)(N)CCC(=O)OC. The van der Waals surface area contributed by atoms with Gasteiger partial charge in [-0.15, -0.1) is 0 Å². The van der Waals surface area contributed by atoms with E-state index < -0.39 is 27.9 Å². The van der Waals surface area contributed by atoms with Crippen LogP contribution in [-0.4, -0.2) is 109 Å². The lowest BCUT2D eigenvalue weighted by Gasteiger charge is -2.28. The third-order valence-electron chi connectivity index (χ3n) is 10.0. The van der Waals surface area contributed by atoms with Gasteiger partial charge < -0.3 is 35.2 Å². The molecule has 3 rings (SSSR count). The lowest BCUT2D eigenvalue weighted by atomic mass is 9.91. The van der Waals surface area contributed by atoms with E-state index in [-0.39, 0.29) is 61.8 Å². The predicted octanol–water partition coefficient (Wildman–Crippen LogP) is 5.40. The fraction of sp³-hybridized carbons (Fsp3) is 0.892. The summed E-state index contributed by atoms with van der Waals surface area (Å²) in [4.78, 5) is 62.9. The smallest absolute Gasteiger partial charge is 0.305 e. The number of nitrogens with two attached hydrogens (primary N) is 1. The molecule has 2 atom stereocenters. The van der Waals surface area contributed by atoms with Crippen molar-refractivity contribution < 1.29 is 58.0 Å². The van der Waals surface area contributed by atoms with Gasteiger partial charge in [0, 0.05) is 60.7 Å². The molecule has 318 valence electrons. The molecule has 0 saturated carbocycles. The number of carbonyl (C=O) groups is 4. The largest absolute Gasteiger partial charge is 0.469 e. The quantitative estimate of drug-likeness (QED) is 0.0471. The third-order valence-corrected chi connectivity index (χ3v) is 10.0. The number of nitro groups is 1. The maximum atomic E-state index is 10.9. The number of hydroxylamine groups is 2. The Morgan fingerprint density at radius 3 is 1.37 bits per heavy atom. The second-order valence-electron chi connectivity index (χ2n) is 15.3. The summed E-state index contributed by atoms with van der Waals surface area (Å²) >= 11 is 0. The van der Waals surface area contributed by atoms with Gasteiger partial charge >= 0.3 is 23.9 Å². The van der Waals surface area contributed by atoms with E-state index in [2.05, 4.69) is 61.7 Å². The van der Waals surface area contributed by atoms with Gasteiger partial charge in [-0.3, -0.25) is 29.3 Å². The van der Waals surface area contributed by atoms with Crippen molar-refractivity contribution in [1.29, 1.82) is 0 Å². The van der Waals surface area contributed by atoms with Crippen LogP contribution in [0.2, 0.25) is 0 Å². The van der Waals surface area contributed by atoms with Gasteiger partial charge in [0.1, 0.15) is 0 Å². The zero-order valence-electron chi connectivity index (χ0n) is 35.1. The average Bonchev–Trinajstić information content (AvgIpc) is 3.48. The zero-order valence-corrected chi connectivity index (χ0v) is 35.1. The molecule has 3 heterocycles.